The molecule has 82 valence electrons. The lowest BCUT2D eigenvalue weighted by Gasteiger charge is -2.15. The number of thiophene rings is 1. The Labute approximate surface area is 103 Å². The second-order valence-electron chi connectivity index (χ2n) is 4.15. The smallest absolute Gasteiger partial charge is 0.0697 e. The molecule has 0 saturated carbocycles. The van der Waals surface area contributed by atoms with Gasteiger partial charge in [-0.15, -0.1) is 11.3 Å². The molecule has 0 fully saturated rings. The number of rotatable bonds is 5. The van der Waals surface area contributed by atoms with Crippen LogP contribution < -0.4 is 5.32 Å². The third-order valence-electron chi connectivity index (χ3n) is 2.04. The minimum atomic E-state index is -0.268. The maximum atomic E-state index is 8.82. The van der Waals surface area contributed by atoms with Gasteiger partial charge in [0.15, 0.2) is 0 Å². The highest BCUT2D eigenvalue weighted by atomic mass is 79.9. The van der Waals surface area contributed by atoms with E-state index in [-0.39, 0.29) is 5.41 Å². The van der Waals surface area contributed by atoms with Crippen LogP contribution in [0.4, 0.5) is 0 Å². The van der Waals surface area contributed by atoms with Crippen molar-refractivity contribution in [2.75, 3.05) is 13.1 Å². The van der Waals surface area contributed by atoms with E-state index in [0.717, 1.165) is 24.0 Å². The van der Waals surface area contributed by atoms with Gasteiger partial charge in [-0.3, -0.25) is 0 Å². The average Bonchev–Trinajstić information content (AvgIpc) is 2.59. The van der Waals surface area contributed by atoms with E-state index in [0.29, 0.717) is 0 Å². The van der Waals surface area contributed by atoms with Crippen LogP contribution in [-0.2, 0) is 6.42 Å². The molecule has 1 aromatic heterocycles. The molecule has 1 rings (SSSR count). The Morgan fingerprint density at radius 2 is 2.33 bits per heavy atom. The maximum Gasteiger partial charge on any atom is 0.0697 e. The van der Waals surface area contributed by atoms with E-state index in [1.807, 2.05) is 13.8 Å². The molecule has 0 aromatic carbocycles. The van der Waals surface area contributed by atoms with Crippen LogP contribution >= 0.6 is 27.3 Å². The molecule has 0 bridgehead atoms. The minimum Gasteiger partial charge on any atom is -0.315 e. The normalized spacial score (nSPS) is 11.3. The first-order chi connectivity index (χ1) is 7.03. The molecule has 15 heavy (non-hydrogen) atoms. The maximum absolute atomic E-state index is 8.82. The minimum absolute atomic E-state index is 0.268. The van der Waals surface area contributed by atoms with Crippen LogP contribution in [0.3, 0.4) is 0 Å². The molecule has 0 unspecified atom stereocenters. The van der Waals surface area contributed by atoms with Gasteiger partial charge in [0.25, 0.3) is 0 Å². The number of nitrogens with zero attached hydrogens (tertiary/aromatic N) is 1. The molecule has 0 atom stereocenters. The lowest BCUT2D eigenvalue weighted by molar-refractivity contribution is 0.448. The van der Waals surface area contributed by atoms with Gasteiger partial charge in [0.1, 0.15) is 0 Å². The van der Waals surface area contributed by atoms with Crippen LogP contribution in [-0.4, -0.2) is 13.1 Å². The Morgan fingerprint density at radius 1 is 1.60 bits per heavy atom. The number of hydrogen-bond donors (Lipinski definition) is 1. The van der Waals surface area contributed by atoms with Crippen molar-refractivity contribution in [2.45, 2.75) is 20.3 Å². The van der Waals surface area contributed by atoms with Crippen molar-refractivity contribution < 1.29 is 0 Å². The molecular formula is C11H15BrN2S. The van der Waals surface area contributed by atoms with Crippen LogP contribution in [0.5, 0.6) is 0 Å². The molecule has 0 saturated heterocycles. The number of halogens is 1. The highest BCUT2D eigenvalue weighted by Gasteiger charge is 2.15. The number of nitrogens with one attached hydrogen (secondary N) is 1. The van der Waals surface area contributed by atoms with Crippen molar-refractivity contribution in [1.29, 1.82) is 5.26 Å². The van der Waals surface area contributed by atoms with E-state index in [1.165, 1.54) is 4.88 Å². The summed E-state index contributed by atoms with van der Waals surface area (Å²) in [5, 5.41) is 14.2. The van der Waals surface area contributed by atoms with Crippen LogP contribution in [0.1, 0.15) is 18.7 Å². The molecule has 2 nitrogen and oxygen atoms in total. The lowest BCUT2D eigenvalue weighted by Crippen LogP contribution is -2.29. The molecule has 1 heterocycles. The zero-order valence-electron chi connectivity index (χ0n) is 9.01. The lowest BCUT2D eigenvalue weighted by atomic mass is 9.96. The molecule has 4 heteroatoms. The summed E-state index contributed by atoms with van der Waals surface area (Å²) in [6.07, 6.45) is 1.03. The van der Waals surface area contributed by atoms with E-state index < -0.39 is 0 Å². The highest BCUT2D eigenvalue weighted by Crippen LogP contribution is 2.19. The fraction of sp³-hybridized carbons (Fsp3) is 0.545. The summed E-state index contributed by atoms with van der Waals surface area (Å²) in [6, 6.07) is 4.42. The van der Waals surface area contributed by atoms with Crippen LogP contribution in [0, 0.1) is 16.7 Å². The Hall–Kier alpha value is -0.370. The van der Waals surface area contributed by atoms with Gasteiger partial charge in [0.2, 0.25) is 0 Å². The Bertz CT molecular complexity index is 352. The van der Waals surface area contributed by atoms with Gasteiger partial charge in [-0.2, -0.15) is 5.26 Å². The summed E-state index contributed by atoms with van der Waals surface area (Å²) in [6.45, 7) is 5.57. The van der Waals surface area contributed by atoms with E-state index in [2.05, 4.69) is 38.8 Å². The summed E-state index contributed by atoms with van der Waals surface area (Å²) in [5.74, 6) is 0. The van der Waals surface area contributed by atoms with Crippen molar-refractivity contribution >= 4 is 27.3 Å². The highest BCUT2D eigenvalue weighted by molar-refractivity contribution is 9.10. The van der Waals surface area contributed by atoms with Crippen molar-refractivity contribution in [1.82, 2.24) is 5.32 Å². The van der Waals surface area contributed by atoms with Crippen LogP contribution in [0.25, 0.3) is 0 Å². The fourth-order valence-corrected chi connectivity index (χ4v) is 2.59. The summed E-state index contributed by atoms with van der Waals surface area (Å²) in [5.41, 5.74) is -0.268. The SMILES string of the molecule is CC(C)(C#N)CNCCc1cc(Br)cs1. The molecule has 0 aliphatic rings. The zero-order chi connectivity index (χ0) is 11.3. The van der Waals surface area contributed by atoms with E-state index in [9.17, 15) is 0 Å². The van der Waals surface area contributed by atoms with Gasteiger partial charge in [0, 0.05) is 27.8 Å². The van der Waals surface area contributed by atoms with Crippen molar-refractivity contribution in [3.8, 4) is 6.07 Å². The second kappa shape index (κ2) is 5.64. The quantitative estimate of drug-likeness (QED) is 0.844. The van der Waals surface area contributed by atoms with Gasteiger partial charge in [0.05, 0.1) is 11.5 Å². The standard InChI is InChI=1S/C11H15BrN2S/c1-11(2,7-13)8-14-4-3-10-5-9(12)6-15-10/h5-6,14H,3-4,8H2,1-2H3. The van der Waals surface area contributed by atoms with E-state index >= 15 is 0 Å². The predicted octanol–water partition coefficient (Wildman–Crippen LogP) is 3.19. The van der Waals surface area contributed by atoms with Crippen LogP contribution in [0.15, 0.2) is 15.9 Å². The molecule has 0 aliphatic heterocycles. The van der Waals surface area contributed by atoms with Crippen molar-refractivity contribution in [3.05, 3.63) is 20.8 Å². The fourth-order valence-electron chi connectivity index (χ4n) is 1.14. The van der Waals surface area contributed by atoms with Crippen molar-refractivity contribution in [2.24, 2.45) is 5.41 Å². The van der Waals surface area contributed by atoms with E-state index in [4.69, 9.17) is 5.26 Å². The molecule has 0 spiro atoms. The molecule has 0 amide bonds. The monoisotopic (exact) mass is 286 g/mol. The van der Waals surface area contributed by atoms with Gasteiger partial charge >= 0.3 is 0 Å². The summed E-state index contributed by atoms with van der Waals surface area (Å²) >= 11 is 5.19. The molecule has 0 aliphatic carbocycles. The largest absolute Gasteiger partial charge is 0.315 e. The Balaban J connectivity index is 2.21. The Kier molecular flexibility index (Phi) is 4.78. The van der Waals surface area contributed by atoms with Gasteiger partial charge in [-0.05, 0) is 42.3 Å². The average molecular weight is 287 g/mol. The first-order valence-corrected chi connectivity index (χ1v) is 6.56. The third-order valence-corrected chi connectivity index (χ3v) is 3.80. The predicted molar refractivity (Wildman–Crippen MR) is 68.0 cm³/mol. The second-order valence-corrected chi connectivity index (χ2v) is 6.07. The Morgan fingerprint density at radius 3 is 2.87 bits per heavy atom. The van der Waals surface area contributed by atoms with Crippen molar-refractivity contribution in [3.63, 3.8) is 0 Å². The molecule has 1 aromatic rings. The first kappa shape index (κ1) is 12.7. The van der Waals surface area contributed by atoms with Gasteiger partial charge < -0.3 is 5.32 Å². The topological polar surface area (TPSA) is 35.8 Å². The van der Waals surface area contributed by atoms with Crippen LogP contribution in [0.2, 0.25) is 0 Å². The molecule has 1 N–H and O–H groups in total. The molecule has 0 radical (unpaired) electrons. The number of nitriles is 1. The summed E-state index contributed by atoms with van der Waals surface area (Å²) in [7, 11) is 0. The third kappa shape index (κ3) is 4.78. The van der Waals surface area contributed by atoms with Gasteiger partial charge in [-0.1, -0.05) is 0 Å². The van der Waals surface area contributed by atoms with Gasteiger partial charge in [-0.25, -0.2) is 0 Å². The number of hydrogen-bond acceptors (Lipinski definition) is 3. The summed E-state index contributed by atoms with van der Waals surface area (Å²) in [4.78, 5) is 1.36. The molecular weight excluding hydrogens is 272 g/mol. The first-order valence-electron chi connectivity index (χ1n) is 4.88. The zero-order valence-corrected chi connectivity index (χ0v) is 11.4. The van der Waals surface area contributed by atoms with E-state index in [1.54, 1.807) is 11.3 Å². The summed E-state index contributed by atoms with van der Waals surface area (Å²) < 4.78 is 1.15.